The molecule has 0 radical (unpaired) electrons. The molecule has 3 rings (SSSR count). The van der Waals surface area contributed by atoms with Crippen molar-refractivity contribution in [1.29, 1.82) is 5.26 Å². The summed E-state index contributed by atoms with van der Waals surface area (Å²) in [5.74, 6) is 0.307. The first-order valence-corrected chi connectivity index (χ1v) is 7.31. The molecule has 0 atom stereocenters. The number of hydrogen-bond acceptors (Lipinski definition) is 5. The van der Waals surface area contributed by atoms with Crippen LogP contribution in [0.2, 0.25) is 0 Å². The molecule has 0 bridgehead atoms. The molecule has 0 aliphatic carbocycles. The van der Waals surface area contributed by atoms with E-state index in [9.17, 15) is 4.79 Å². The fraction of sp³-hybridized carbons (Fsp3) is 0.176. The summed E-state index contributed by atoms with van der Waals surface area (Å²) in [6.07, 6.45) is 1.55. The summed E-state index contributed by atoms with van der Waals surface area (Å²) >= 11 is 0. The van der Waals surface area contributed by atoms with E-state index < -0.39 is 0 Å². The Kier molecular flexibility index (Phi) is 4.12. The molecule has 0 aliphatic heterocycles. The highest BCUT2D eigenvalue weighted by Gasteiger charge is 2.14. The standard InChI is InChI=1S/C17H15N5O2/c1-11-9-16-19-10-15(12(2)22(16)21-11)17(23)20-13-3-5-14(6-4-13)24-8-7-18/h3-6,9-10H,8H2,1-2H3,(H,20,23). The van der Waals surface area contributed by atoms with E-state index >= 15 is 0 Å². The van der Waals surface area contributed by atoms with Crippen LogP contribution in [0.5, 0.6) is 5.75 Å². The third-order valence-corrected chi connectivity index (χ3v) is 3.51. The molecule has 120 valence electrons. The molecule has 0 unspecified atom stereocenters. The summed E-state index contributed by atoms with van der Waals surface area (Å²) in [7, 11) is 0. The summed E-state index contributed by atoms with van der Waals surface area (Å²) < 4.78 is 6.83. The number of aryl methyl sites for hydroxylation is 2. The number of anilines is 1. The van der Waals surface area contributed by atoms with Crippen molar-refractivity contribution in [3.63, 3.8) is 0 Å². The third-order valence-electron chi connectivity index (χ3n) is 3.51. The highest BCUT2D eigenvalue weighted by atomic mass is 16.5. The zero-order valence-corrected chi connectivity index (χ0v) is 13.3. The normalized spacial score (nSPS) is 10.4. The summed E-state index contributed by atoms with van der Waals surface area (Å²) in [5, 5.41) is 15.6. The lowest BCUT2D eigenvalue weighted by Gasteiger charge is -2.09. The van der Waals surface area contributed by atoms with E-state index in [0.29, 0.717) is 22.6 Å². The van der Waals surface area contributed by atoms with Crippen LogP contribution in [0.1, 0.15) is 21.7 Å². The lowest BCUT2D eigenvalue weighted by atomic mass is 10.2. The first kappa shape index (κ1) is 15.5. The number of ether oxygens (including phenoxy) is 1. The number of rotatable bonds is 4. The maximum atomic E-state index is 12.5. The number of carbonyl (C=O) groups is 1. The number of nitrogens with one attached hydrogen (secondary N) is 1. The van der Waals surface area contributed by atoms with E-state index in [0.717, 1.165) is 11.4 Å². The molecule has 1 amide bonds. The van der Waals surface area contributed by atoms with Crippen molar-refractivity contribution in [2.24, 2.45) is 0 Å². The van der Waals surface area contributed by atoms with Crippen molar-refractivity contribution in [3.05, 3.63) is 53.5 Å². The molecular weight excluding hydrogens is 306 g/mol. The summed E-state index contributed by atoms with van der Waals surface area (Å²) in [4.78, 5) is 16.7. The van der Waals surface area contributed by atoms with Gasteiger partial charge in [-0.25, -0.2) is 9.50 Å². The van der Waals surface area contributed by atoms with E-state index in [1.165, 1.54) is 0 Å². The quantitative estimate of drug-likeness (QED) is 0.797. The van der Waals surface area contributed by atoms with E-state index in [1.54, 1.807) is 35.0 Å². The number of benzene rings is 1. The van der Waals surface area contributed by atoms with Crippen LogP contribution in [-0.4, -0.2) is 27.1 Å². The number of nitriles is 1. The predicted octanol–water partition coefficient (Wildman–Crippen LogP) is 2.50. The monoisotopic (exact) mass is 321 g/mol. The molecular formula is C17H15N5O2. The minimum absolute atomic E-state index is 0.0140. The summed E-state index contributed by atoms with van der Waals surface area (Å²) in [5.41, 5.74) is 3.35. The van der Waals surface area contributed by atoms with E-state index in [1.807, 2.05) is 26.0 Å². The van der Waals surface area contributed by atoms with Crippen molar-refractivity contribution >= 4 is 17.2 Å². The zero-order valence-electron chi connectivity index (χ0n) is 13.3. The number of fused-ring (bicyclic) bond motifs is 1. The molecule has 1 N–H and O–H groups in total. The molecule has 7 nitrogen and oxygen atoms in total. The number of nitrogens with zero attached hydrogens (tertiary/aromatic N) is 4. The van der Waals surface area contributed by atoms with Gasteiger partial charge < -0.3 is 10.1 Å². The SMILES string of the molecule is Cc1cc2ncc(C(=O)Nc3ccc(OCC#N)cc3)c(C)n2n1. The Hall–Kier alpha value is -3.40. The van der Waals surface area contributed by atoms with Gasteiger partial charge in [-0.2, -0.15) is 10.4 Å². The molecule has 7 heteroatoms. The van der Waals surface area contributed by atoms with E-state index in [2.05, 4.69) is 15.4 Å². The molecule has 1 aromatic carbocycles. The van der Waals surface area contributed by atoms with Gasteiger partial charge in [0.1, 0.15) is 11.8 Å². The lowest BCUT2D eigenvalue weighted by Crippen LogP contribution is -2.16. The largest absolute Gasteiger partial charge is 0.479 e. The Morgan fingerprint density at radius 2 is 2.08 bits per heavy atom. The van der Waals surface area contributed by atoms with Gasteiger partial charge in [0.15, 0.2) is 12.3 Å². The molecule has 24 heavy (non-hydrogen) atoms. The Morgan fingerprint density at radius 1 is 1.33 bits per heavy atom. The van der Waals surface area contributed by atoms with Crippen LogP contribution >= 0.6 is 0 Å². The lowest BCUT2D eigenvalue weighted by molar-refractivity contribution is 0.102. The molecule has 0 saturated carbocycles. The Bertz CT molecular complexity index is 938. The molecule has 2 heterocycles. The molecule has 2 aromatic heterocycles. The molecule has 0 saturated heterocycles. The second-order valence-electron chi connectivity index (χ2n) is 5.24. The highest BCUT2D eigenvalue weighted by molar-refractivity contribution is 6.04. The number of aromatic nitrogens is 3. The van der Waals surface area contributed by atoms with Gasteiger partial charge in [0.2, 0.25) is 0 Å². The van der Waals surface area contributed by atoms with Crippen molar-refractivity contribution in [2.45, 2.75) is 13.8 Å². The molecule has 0 fully saturated rings. The minimum Gasteiger partial charge on any atom is -0.479 e. The number of carbonyl (C=O) groups excluding carboxylic acids is 1. The molecule has 0 spiro atoms. The average Bonchev–Trinajstić information content (AvgIpc) is 2.96. The van der Waals surface area contributed by atoms with Crippen LogP contribution in [0.15, 0.2) is 36.5 Å². The van der Waals surface area contributed by atoms with Gasteiger partial charge in [0.05, 0.1) is 17.0 Å². The van der Waals surface area contributed by atoms with Crippen LogP contribution in [0, 0.1) is 25.2 Å². The van der Waals surface area contributed by atoms with Crippen molar-refractivity contribution in [3.8, 4) is 11.8 Å². The maximum absolute atomic E-state index is 12.5. The van der Waals surface area contributed by atoms with Crippen LogP contribution < -0.4 is 10.1 Å². The topological polar surface area (TPSA) is 92.3 Å². The summed E-state index contributed by atoms with van der Waals surface area (Å²) in [6, 6.07) is 10.6. The average molecular weight is 321 g/mol. The second-order valence-corrected chi connectivity index (χ2v) is 5.24. The van der Waals surface area contributed by atoms with E-state index in [4.69, 9.17) is 10.00 Å². The van der Waals surface area contributed by atoms with Gasteiger partial charge in [0, 0.05) is 18.0 Å². The molecule has 3 aromatic rings. The Morgan fingerprint density at radius 3 is 2.79 bits per heavy atom. The summed E-state index contributed by atoms with van der Waals surface area (Å²) in [6.45, 7) is 3.69. The van der Waals surface area contributed by atoms with Gasteiger partial charge in [-0.1, -0.05) is 0 Å². The Balaban J connectivity index is 1.80. The Labute approximate surface area is 138 Å². The second kappa shape index (κ2) is 6.38. The van der Waals surface area contributed by atoms with Crippen LogP contribution in [-0.2, 0) is 0 Å². The zero-order chi connectivity index (χ0) is 17.1. The van der Waals surface area contributed by atoms with Gasteiger partial charge in [-0.3, -0.25) is 4.79 Å². The van der Waals surface area contributed by atoms with Gasteiger partial charge in [-0.05, 0) is 38.1 Å². The predicted molar refractivity (Wildman–Crippen MR) is 88.0 cm³/mol. The maximum Gasteiger partial charge on any atom is 0.259 e. The first-order valence-electron chi connectivity index (χ1n) is 7.31. The van der Waals surface area contributed by atoms with Crippen molar-refractivity contribution in [2.75, 3.05) is 11.9 Å². The van der Waals surface area contributed by atoms with Gasteiger partial charge >= 0.3 is 0 Å². The fourth-order valence-corrected chi connectivity index (χ4v) is 2.33. The van der Waals surface area contributed by atoms with Gasteiger partial charge in [0.25, 0.3) is 5.91 Å². The molecule has 0 aliphatic rings. The van der Waals surface area contributed by atoms with Crippen LogP contribution in [0.3, 0.4) is 0 Å². The fourth-order valence-electron chi connectivity index (χ4n) is 2.33. The van der Waals surface area contributed by atoms with E-state index in [-0.39, 0.29) is 12.5 Å². The highest BCUT2D eigenvalue weighted by Crippen LogP contribution is 2.17. The number of hydrogen-bond donors (Lipinski definition) is 1. The van der Waals surface area contributed by atoms with Gasteiger partial charge in [-0.15, -0.1) is 0 Å². The van der Waals surface area contributed by atoms with Crippen LogP contribution in [0.4, 0.5) is 5.69 Å². The number of amides is 1. The van der Waals surface area contributed by atoms with Crippen molar-refractivity contribution in [1.82, 2.24) is 14.6 Å². The first-order chi connectivity index (χ1) is 11.6. The third kappa shape index (κ3) is 3.03. The smallest absolute Gasteiger partial charge is 0.259 e. The minimum atomic E-state index is -0.263. The van der Waals surface area contributed by atoms with Crippen LogP contribution in [0.25, 0.3) is 5.65 Å². The van der Waals surface area contributed by atoms with Crippen molar-refractivity contribution < 1.29 is 9.53 Å².